The van der Waals surface area contributed by atoms with Crippen molar-refractivity contribution in [3.63, 3.8) is 0 Å². The van der Waals surface area contributed by atoms with Gasteiger partial charge in [0.2, 0.25) is 0 Å². The van der Waals surface area contributed by atoms with E-state index in [1.807, 2.05) is 13.8 Å². The molecule has 9 heteroatoms. The molecule has 1 heterocycles. The van der Waals surface area contributed by atoms with Crippen molar-refractivity contribution < 1.29 is 32.6 Å². The fourth-order valence-corrected chi connectivity index (χ4v) is 4.91. The Hall–Kier alpha value is -3.20. The van der Waals surface area contributed by atoms with Gasteiger partial charge < -0.3 is 9.84 Å². The minimum Gasteiger partial charge on any atom is -0.478 e. The van der Waals surface area contributed by atoms with Gasteiger partial charge in [-0.15, -0.1) is 11.3 Å². The molecule has 2 aromatic carbocycles. The third-order valence-electron chi connectivity index (χ3n) is 5.69. The molecule has 36 heavy (non-hydrogen) atoms. The van der Waals surface area contributed by atoms with E-state index in [0.717, 1.165) is 10.9 Å². The number of carboxylic acid groups (broad SMARTS) is 1. The summed E-state index contributed by atoms with van der Waals surface area (Å²) in [7, 11) is 0. The fourth-order valence-electron chi connectivity index (χ4n) is 3.65. The summed E-state index contributed by atoms with van der Waals surface area (Å²) < 4.78 is 46.2. The number of alkyl halides is 3. The van der Waals surface area contributed by atoms with Crippen LogP contribution in [0.3, 0.4) is 0 Å². The van der Waals surface area contributed by atoms with Crippen molar-refractivity contribution >= 4 is 23.1 Å². The van der Waals surface area contributed by atoms with Crippen molar-refractivity contribution in [2.24, 2.45) is 0 Å². The number of hydrogen-bond acceptors (Lipinski definition) is 5. The van der Waals surface area contributed by atoms with Gasteiger partial charge in [0.25, 0.3) is 0 Å². The summed E-state index contributed by atoms with van der Waals surface area (Å²) in [6.45, 7) is 8.45. The van der Waals surface area contributed by atoms with E-state index in [4.69, 9.17) is 4.74 Å². The van der Waals surface area contributed by atoms with Gasteiger partial charge in [-0.2, -0.15) is 13.2 Å². The van der Waals surface area contributed by atoms with Gasteiger partial charge in [-0.3, -0.25) is 4.79 Å². The lowest BCUT2D eigenvalue weighted by molar-refractivity contribution is -0.152. The van der Waals surface area contributed by atoms with Crippen molar-refractivity contribution in [3.8, 4) is 16.3 Å². The van der Waals surface area contributed by atoms with Crippen LogP contribution < -0.4 is 4.74 Å². The normalized spacial score (nSPS) is 12.1. The van der Waals surface area contributed by atoms with Gasteiger partial charge in [0.05, 0.1) is 11.3 Å². The zero-order valence-corrected chi connectivity index (χ0v) is 21.5. The van der Waals surface area contributed by atoms with Gasteiger partial charge >= 0.3 is 12.1 Å². The molecule has 5 nitrogen and oxygen atoms in total. The van der Waals surface area contributed by atoms with Gasteiger partial charge in [-0.25, -0.2) is 9.78 Å². The molecule has 0 atom stereocenters. The predicted molar refractivity (Wildman–Crippen MR) is 133 cm³/mol. The summed E-state index contributed by atoms with van der Waals surface area (Å²) in [6.07, 6.45) is -3.99. The minimum absolute atomic E-state index is 0.0191. The number of hydrogen-bond donors (Lipinski definition) is 1. The van der Waals surface area contributed by atoms with Crippen LogP contribution in [0.4, 0.5) is 13.2 Å². The molecular weight excluding hydrogens is 491 g/mol. The Morgan fingerprint density at radius 3 is 2.36 bits per heavy atom. The first-order valence-electron chi connectivity index (χ1n) is 11.4. The maximum atomic E-state index is 13.5. The predicted octanol–water partition coefficient (Wildman–Crippen LogP) is 7.32. The van der Waals surface area contributed by atoms with E-state index >= 15 is 0 Å². The van der Waals surface area contributed by atoms with Crippen molar-refractivity contribution in [2.45, 2.75) is 65.2 Å². The summed E-state index contributed by atoms with van der Waals surface area (Å²) in [6, 6.07) is 10.2. The number of ketones is 1. The topological polar surface area (TPSA) is 76.5 Å². The monoisotopic (exact) mass is 519 g/mol. The molecule has 192 valence electrons. The highest BCUT2D eigenvalue weighted by atomic mass is 32.1. The molecule has 0 aliphatic carbocycles. The second kappa shape index (κ2) is 10.4. The number of aliphatic carboxylic acids is 1. The Morgan fingerprint density at radius 2 is 1.78 bits per heavy atom. The van der Waals surface area contributed by atoms with E-state index in [2.05, 4.69) is 4.98 Å². The number of Topliss-reactive ketones (excluding diaryl/α,β-unsaturated/α-hetero) is 1. The molecule has 0 spiro atoms. The maximum absolute atomic E-state index is 13.5. The lowest BCUT2D eigenvalue weighted by Crippen LogP contribution is -2.38. The number of aryl methyl sites for hydroxylation is 2. The number of nitrogens with zero attached hydrogens (tertiary/aromatic N) is 1. The molecule has 1 N–H and O–H groups in total. The molecule has 0 bridgehead atoms. The first kappa shape index (κ1) is 27.4. The quantitative estimate of drug-likeness (QED) is 0.300. The third-order valence-corrected chi connectivity index (χ3v) is 6.86. The van der Waals surface area contributed by atoms with Crippen LogP contribution in [0, 0.1) is 6.92 Å². The lowest BCUT2D eigenvalue weighted by atomic mass is 10.0. The maximum Gasteiger partial charge on any atom is 0.417 e. The molecule has 1 aromatic heterocycles. The molecule has 0 saturated carbocycles. The summed E-state index contributed by atoms with van der Waals surface area (Å²) >= 11 is 1.18. The van der Waals surface area contributed by atoms with Gasteiger partial charge in [-0.05, 0) is 62.9 Å². The smallest absolute Gasteiger partial charge is 0.417 e. The average molecular weight is 520 g/mol. The molecule has 3 aromatic rings. The highest BCUT2D eigenvalue weighted by Crippen LogP contribution is 2.40. The Balaban J connectivity index is 1.81. The number of benzene rings is 2. The zero-order valence-electron chi connectivity index (χ0n) is 20.7. The van der Waals surface area contributed by atoms with Gasteiger partial charge in [-0.1, -0.05) is 32.0 Å². The summed E-state index contributed by atoms with van der Waals surface area (Å²) in [5, 5.41) is 9.55. The highest BCUT2D eigenvalue weighted by molar-refractivity contribution is 7.15. The van der Waals surface area contributed by atoms with Gasteiger partial charge in [0.1, 0.15) is 10.8 Å². The molecule has 0 fully saturated rings. The van der Waals surface area contributed by atoms with Crippen molar-refractivity contribution in [1.82, 2.24) is 4.98 Å². The molecule has 0 aliphatic heterocycles. The van der Waals surface area contributed by atoms with Gasteiger partial charge in [0, 0.05) is 22.4 Å². The second-order valence-electron chi connectivity index (χ2n) is 9.35. The summed E-state index contributed by atoms with van der Waals surface area (Å²) in [4.78, 5) is 29.6. The Labute approximate surface area is 212 Å². The van der Waals surface area contributed by atoms with Crippen molar-refractivity contribution in [3.05, 3.63) is 69.7 Å². The van der Waals surface area contributed by atoms with E-state index in [1.165, 1.54) is 37.3 Å². The Kier molecular flexibility index (Phi) is 7.93. The largest absolute Gasteiger partial charge is 0.478 e. The second-order valence-corrected chi connectivity index (χ2v) is 10.4. The van der Waals surface area contributed by atoms with Crippen LogP contribution in [0.5, 0.6) is 5.75 Å². The van der Waals surface area contributed by atoms with Crippen molar-refractivity contribution in [1.29, 1.82) is 0 Å². The molecule has 0 saturated heterocycles. The standard InChI is InChI=1S/C27H28F3NO4S/c1-15(2)23-22(36-24(31-23)18-8-6-7-9-19(18)27(28,29)30)13-11-20(32)17-10-12-21(16(3)14-17)35-26(4,5)25(33)34/h6-10,12,14-15H,11,13H2,1-5H3,(H,33,34). The number of carboxylic acids is 1. The molecule has 0 amide bonds. The number of ether oxygens (including phenoxy) is 1. The van der Waals surface area contributed by atoms with E-state index in [-0.39, 0.29) is 28.7 Å². The lowest BCUT2D eigenvalue weighted by Gasteiger charge is -2.22. The van der Waals surface area contributed by atoms with Crippen LogP contribution in [0.1, 0.15) is 72.1 Å². The van der Waals surface area contributed by atoms with E-state index in [0.29, 0.717) is 29.0 Å². The first-order chi connectivity index (χ1) is 16.7. The summed E-state index contributed by atoms with van der Waals surface area (Å²) in [5.74, 6) is -0.891. The first-order valence-corrected chi connectivity index (χ1v) is 12.2. The molecular formula is C27H28F3NO4S. The number of carbonyl (C=O) groups excluding carboxylic acids is 1. The van der Waals surface area contributed by atoms with E-state index < -0.39 is 23.3 Å². The van der Waals surface area contributed by atoms with E-state index in [1.54, 1.807) is 31.2 Å². The van der Waals surface area contributed by atoms with Gasteiger partial charge in [0.15, 0.2) is 11.4 Å². The van der Waals surface area contributed by atoms with Crippen LogP contribution in [-0.2, 0) is 17.4 Å². The molecule has 0 radical (unpaired) electrons. The minimum atomic E-state index is -4.50. The number of rotatable bonds is 9. The number of aromatic nitrogens is 1. The Bertz CT molecular complexity index is 1280. The van der Waals surface area contributed by atoms with Crippen LogP contribution in [0.15, 0.2) is 42.5 Å². The third kappa shape index (κ3) is 6.13. The average Bonchev–Trinajstić information content (AvgIpc) is 3.22. The van der Waals surface area contributed by atoms with Crippen molar-refractivity contribution in [2.75, 3.05) is 0 Å². The highest BCUT2D eigenvalue weighted by Gasteiger charge is 2.34. The zero-order chi connectivity index (χ0) is 26.8. The number of carbonyl (C=O) groups is 2. The fraction of sp³-hybridized carbons (Fsp3) is 0.370. The SMILES string of the molecule is Cc1cc(C(=O)CCc2sc(-c3ccccc3C(F)(F)F)nc2C(C)C)ccc1OC(C)(C)C(=O)O. The van der Waals surface area contributed by atoms with Crippen LogP contribution in [0.2, 0.25) is 0 Å². The van der Waals surface area contributed by atoms with E-state index in [9.17, 15) is 27.9 Å². The molecule has 0 aliphatic rings. The number of halogens is 3. The molecule has 0 unspecified atom stereocenters. The van der Waals surface area contributed by atoms with Crippen LogP contribution >= 0.6 is 11.3 Å². The van der Waals surface area contributed by atoms with Crippen LogP contribution in [0.25, 0.3) is 10.6 Å². The Morgan fingerprint density at radius 1 is 1.11 bits per heavy atom. The molecule has 3 rings (SSSR count). The summed E-state index contributed by atoms with van der Waals surface area (Å²) in [5.41, 5.74) is -0.354. The van der Waals surface area contributed by atoms with Crippen LogP contribution in [-0.4, -0.2) is 27.4 Å². The number of thiazole rings is 1.